The molecule has 0 N–H and O–H groups in total. The Hall–Kier alpha value is -2.68. The van der Waals surface area contributed by atoms with Gasteiger partial charge >= 0.3 is 0 Å². The summed E-state index contributed by atoms with van der Waals surface area (Å²) in [7, 11) is 1.55. The Morgan fingerprint density at radius 3 is 2.49 bits per heavy atom. The van der Waals surface area contributed by atoms with Crippen LogP contribution in [0, 0.1) is 0 Å². The number of hydrogen-bond donors (Lipinski definition) is 0. The number of benzene rings is 3. The van der Waals surface area contributed by atoms with E-state index < -0.39 is 0 Å². The first-order chi connectivity index (χ1) is 16.8. The zero-order valence-electron chi connectivity index (χ0n) is 19.3. The number of hydrogen-bond acceptors (Lipinski definition) is 5. The summed E-state index contributed by atoms with van der Waals surface area (Å²) in [5, 5.41) is 5.45. The summed E-state index contributed by atoms with van der Waals surface area (Å²) in [5.41, 5.74) is 1.91. The monoisotopic (exact) mass is 617 g/mol. The molecule has 0 radical (unpaired) electrons. The van der Waals surface area contributed by atoms with E-state index in [1.807, 2.05) is 50.2 Å². The fourth-order valence-electron chi connectivity index (χ4n) is 3.50. The molecule has 0 saturated carbocycles. The maximum absolute atomic E-state index is 13.3. The Labute approximate surface area is 224 Å². The van der Waals surface area contributed by atoms with Crippen LogP contribution in [-0.4, -0.2) is 23.0 Å². The Kier molecular flexibility index (Phi) is 7.94. The average Bonchev–Trinajstić information content (AvgIpc) is 2.83. The Balaban J connectivity index is 1.78. The summed E-state index contributed by atoms with van der Waals surface area (Å²) in [4.78, 5) is 18.0. The molecule has 0 bridgehead atoms. The lowest BCUT2D eigenvalue weighted by atomic mass is 10.2. The van der Waals surface area contributed by atoms with Gasteiger partial charge in [-0.05, 0) is 42.0 Å². The predicted octanol–water partition coefficient (Wildman–Crippen LogP) is 7.17. The summed E-state index contributed by atoms with van der Waals surface area (Å²) < 4.78 is 14.7. The molecule has 6 nitrogen and oxygen atoms in total. The molecule has 9 heteroatoms. The van der Waals surface area contributed by atoms with Crippen molar-refractivity contribution >= 4 is 60.6 Å². The van der Waals surface area contributed by atoms with Gasteiger partial charge in [-0.3, -0.25) is 4.79 Å². The van der Waals surface area contributed by atoms with Gasteiger partial charge in [-0.25, -0.2) is 4.98 Å². The first-order valence-electron chi connectivity index (χ1n) is 10.8. The molecular formula is C26H22Br2ClN3O3. The SMILES string of the molecule is COc1cc(Cl)cc(C=Nn2c(C(C)C)nc3ccc(Br)cc3c2=O)c1OCc1ccc(Br)cc1. The van der Waals surface area contributed by atoms with Crippen molar-refractivity contribution in [3.05, 3.63) is 95.9 Å². The van der Waals surface area contributed by atoms with E-state index in [0.29, 0.717) is 45.4 Å². The van der Waals surface area contributed by atoms with Crippen LogP contribution < -0.4 is 15.0 Å². The molecule has 0 saturated heterocycles. The molecule has 180 valence electrons. The number of halogens is 3. The summed E-state index contributed by atoms with van der Waals surface area (Å²) in [5.74, 6) is 1.45. The van der Waals surface area contributed by atoms with E-state index >= 15 is 0 Å². The first kappa shape index (κ1) is 25.4. The number of ether oxygens (including phenoxy) is 2. The predicted molar refractivity (Wildman–Crippen MR) is 147 cm³/mol. The van der Waals surface area contributed by atoms with Crippen LogP contribution in [0.25, 0.3) is 10.9 Å². The van der Waals surface area contributed by atoms with Crippen LogP contribution in [0.1, 0.15) is 36.7 Å². The van der Waals surface area contributed by atoms with Crippen molar-refractivity contribution in [2.75, 3.05) is 7.11 Å². The molecular weight excluding hydrogens is 598 g/mol. The van der Waals surface area contributed by atoms with E-state index in [0.717, 1.165) is 14.5 Å². The van der Waals surface area contributed by atoms with Crippen molar-refractivity contribution in [2.24, 2.45) is 5.10 Å². The third-order valence-corrected chi connectivity index (χ3v) is 6.47. The summed E-state index contributed by atoms with van der Waals surface area (Å²) >= 11 is 13.2. The van der Waals surface area contributed by atoms with Crippen molar-refractivity contribution in [1.29, 1.82) is 0 Å². The highest BCUT2D eigenvalue weighted by molar-refractivity contribution is 9.10. The molecule has 0 aliphatic carbocycles. The molecule has 0 unspecified atom stereocenters. The number of nitrogens with zero attached hydrogens (tertiary/aromatic N) is 3. The molecule has 1 aromatic heterocycles. The van der Waals surface area contributed by atoms with Gasteiger partial charge in [0.2, 0.25) is 0 Å². The summed E-state index contributed by atoms with van der Waals surface area (Å²) in [6, 6.07) is 16.6. The normalized spacial score (nSPS) is 11.5. The molecule has 35 heavy (non-hydrogen) atoms. The smallest absolute Gasteiger partial charge is 0.282 e. The molecule has 0 atom stereocenters. The standard InChI is InChI=1S/C26H22Br2ClN3O3/c1-15(2)25-31-22-9-8-19(28)11-21(22)26(33)32(25)30-13-17-10-20(29)12-23(34-3)24(17)35-14-16-4-6-18(27)7-5-16/h4-13,15H,14H2,1-3H3. The second-order valence-electron chi connectivity index (χ2n) is 8.09. The fraction of sp³-hybridized carbons (Fsp3) is 0.192. The lowest BCUT2D eigenvalue weighted by Crippen LogP contribution is -2.23. The van der Waals surface area contributed by atoms with Crippen LogP contribution in [0.5, 0.6) is 11.5 Å². The minimum atomic E-state index is -0.262. The quantitative estimate of drug-likeness (QED) is 0.206. The number of rotatable bonds is 7. The van der Waals surface area contributed by atoms with Crippen LogP contribution in [0.15, 0.2) is 73.4 Å². The van der Waals surface area contributed by atoms with E-state index in [1.165, 1.54) is 4.68 Å². The lowest BCUT2D eigenvalue weighted by molar-refractivity contribution is 0.284. The average molecular weight is 620 g/mol. The second kappa shape index (κ2) is 10.9. The molecule has 0 amide bonds. The van der Waals surface area contributed by atoms with Crippen molar-refractivity contribution in [3.63, 3.8) is 0 Å². The van der Waals surface area contributed by atoms with Crippen LogP contribution in [0.2, 0.25) is 5.02 Å². The highest BCUT2D eigenvalue weighted by Gasteiger charge is 2.16. The van der Waals surface area contributed by atoms with E-state index in [2.05, 4.69) is 41.9 Å². The maximum atomic E-state index is 13.3. The van der Waals surface area contributed by atoms with E-state index in [1.54, 1.807) is 31.5 Å². The highest BCUT2D eigenvalue weighted by Crippen LogP contribution is 2.34. The van der Waals surface area contributed by atoms with Crippen molar-refractivity contribution in [2.45, 2.75) is 26.4 Å². The van der Waals surface area contributed by atoms with Gasteiger partial charge < -0.3 is 9.47 Å². The van der Waals surface area contributed by atoms with Gasteiger partial charge in [-0.1, -0.05) is 69.4 Å². The molecule has 3 aromatic carbocycles. The number of aromatic nitrogens is 2. The van der Waals surface area contributed by atoms with E-state index in [-0.39, 0.29) is 11.5 Å². The Morgan fingerprint density at radius 1 is 1.09 bits per heavy atom. The van der Waals surface area contributed by atoms with Gasteiger partial charge in [0.1, 0.15) is 12.4 Å². The fourth-order valence-corrected chi connectivity index (χ4v) is 4.34. The third kappa shape index (κ3) is 5.77. The summed E-state index contributed by atoms with van der Waals surface area (Å²) in [6.07, 6.45) is 1.55. The minimum Gasteiger partial charge on any atom is -0.493 e. The summed E-state index contributed by atoms with van der Waals surface area (Å²) in [6.45, 7) is 4.25. The lowest BCUT2D eigenvalue weighted by Gasteiger charge is -2.15. The van der Waals surface area contributed by atoms with Crippen molar-refractivity contribution in [3.8, 4) is 11.5 Å². The second-order valence-corrected chi connectivity index (χ2v) is 10.4. The van der Waals surface area contributed by atoms with Gasteiger partial charge in [-0.2, -0.15) is 9.78 Å². The maximum Gasteiger partial charge on any atom is 0.282 e. The molecule has 0 aliphatic rings. The van der Waals surface area contributed by atoms with Gasteiger partial charge in [0.25, 0.3) is 5.56 Å². The van der Waals surface area contributed by atoms with Crippen LogP contribution in [-0.2, 0) is 6.61 Å². The highest BCUT2D eigenvalue weighted by atomic mass is 79.9. The van der Waals surface area contributed by atoms with Crippen LogP contribution in [0.4, 0.5) is 0 Å². The topological polar surface area (TPSA) is 65.7 Å². The Bertz CT molecular complexity index is 1470. The molecule has 1 heterocycles. The largest absolute Gasteiger partial charge is 0.493 e. The molecule has 4 rings (SSSR count). The third-order valence-electron chi connectivity index (χ3n) is 5.23. The van der Waals surface area contributed by atoms with Crippen LogP contribution in [0.3, 0.4) is 0 Å². The molecule has 0 aliphatic heterocycles. The minimum absolute atomic E-state index is 0.0325. The molecule has 0 spiro atoms. The molecule has 4 aromatic rings. The van der Waals surface area contributed by atoms with E-state index in [4.69, 9.17) is 21.1 Å². The van der Waals surface area contributed by atoms with Gasteiger partial charge in [0.15, 0.2) is 11.5 Å². The van der Waals surface area contributed by atoms with Gasteiger partial charge in [-0.15, -0.1) is 0 Å². The zero-order chi connectivity index (χ0) is 25.1. The zero-order valence-corrected chi connectivity index (χ0v) is 23.2. The Morgan fingerprint density at radius 2 is 1.80 bits per heavy atom. The van der Waals surface area contributed by atoms with Gasteiger partial charge in [0, 0.05) is 31.5 Å². The van der Waals surface area contributed by atoms with Crippen molar-refractivity contribution < 1.29 is 9.47 Å². The first-order valence-corrected chi connectivity index (χ1v) is 12.7. The van der Waals surface area contributed by atoms with Crippen molar-refractivity contribution in [1.82, 2.24) is 9.66 Å². The number of fused-ring (bicyclic) bond motifs is 1. The molecule has 0 fully saturated rings. The van der Waals surface area contributed by atoms with Crippen LogP contribution >= 0.6 is 43.5 Å². The van der Waals surface area contributed by atoms with E-state index in [9.17, 15) is 4.79 Å². The van der Waals surface area contributed by atoms with Gasteiger partial charge in [0.05, 0.1) is 24.2 Å². The number of methoxy groups -OCH3 is 1.